The van der Waals surface area contributed by atoms with E-state index in [4.69, 9.17) is 0 Å². The molecule has 0 atom stereocenters. The summed E-state index contributed by atoms with van der Waals surface area (Å²) in [6.45, 7) is 4.95. The Bertz CT molecular complexity index is 537. The van der Waals surface area contributed by atoms with E-state index in [9.17, 15) is 0 Å². The molecule has 0 aromatic carbocycles. The normalized spacial score (nSPS) is 10.8. The van der Waals surface area contributed by atoms with Gasteiger partial charge in [0.05, 0.1) is 12.3 Å². The molecule has 0 unspecified atom stereocenters. The maximum absolute atomic E-state index is 4.19. The molecule has 1 N–H and O–H groups in total. The Morgan fingerprint density at radius 3 is 2.65 bits per heavy atom. The molecule has 2 aromatic heterocycles. The Balaban J connectivity index is 0.00000200. The number of thioether (sulfide) groups is 1. The first-order chi connectivity index (χ1) is 9.13. The summed E-state index contributed by atoms with van der Waals surface area (Å²) in [7, 11) is 3.87. The van der Waals surface area contributed by atoms with Crippen LogP contribution in [0, 0.1) is 0 Å². The van der Waals surface area contributed by atoms with Crippen molar-refractivity contribution in [3.63, 3.8) is 0 Å². The molecule has 112 valence electrons. The van der Waals surface area contributed by atoms with E-state index in [1.807, 2.05) is 18.7 Å². The first-order valence-electron chi connectivity index (χ1n) is 6.17. The molecule has 0 aliphatic carbocycles. The number of halogens is 1. The van der Waals surface area contributed by atoms with Crippen LogP contribution in [0.3, 0.4) is 0 Å². The average molecular weight is 318 g/mol. The topological polar surface area (TPSA) is 73.5 Å². The summed E-state index contributed by atoms with van der Waals surface area (Å²) in [4.78, 5) is 0. The molecule has 0 fully saturated rings. The summed E-state index contributed by atoms with van der Waals surface area (Å²) >= 11 is 1.62. The Morgan fingerprint density at radius 2 is 2.00 bits per heavy atom. The predicted molar refractivity (Wildman–Crippen MR) is 81.0 cm³/mol. The van der Waals surface area contributed by atoms with Gasteiger partial charge in [-0.15, -0.1) is 32.8 Å². The zero-order chi connectivity index (χ0) is 13.8. The zero-order valence-corrected chi connectivity index (χ0v) is 13.7. The monoisotopic (exact) mass is 317 g/mol. The number of nitrogens with zero attached hydrogens (tertiary/aromatic N) is 6. The van der Waals surface area contributed by atoms with Crippen molar-refractivity contribution in [2.24, 2.45) is 7.05 Å². The quantitative estimate of drug-likeness (QED) is 0.812. The number of hydrogen-bond acceptors (Lipinski definition) is 6. The van der Waals surface area contributed by atoms with Gasteiger partial charge in [-0.25, -0.2) is 0 Å². The molecule has 0 aliphatic rings. The highest BCUT2D eigenvalue weighted by Gasteiger charge is 2.12. The van der Waals surface area contributed by atoms with Gasteiger partial charge in [-0.05, 0) is 20.9 Å². The molecule has 2 aromatic rings. The molecule has 0 amide bonds. The molecule has 9 heteroatoms. The summed E-state index contributed by atoms with van der Waals surface area (Å²) in [5.41, 5.74) is 0. The Morgan fingerprint density at radius 1 is 1.25 bits per heavy atom. The van der Waals surface area contributed by atoms with Crippen LogP contribution >= 0.6 is 24.2 Å². The molecule has 2 rings (SSSR count). The van der Waals surface area contributed by atoms with Gasteiger partial charge in [0, 0.05) is 13.1 Å². The SMILES string of the molecule is CNCc1nnc(SCc2nncn2C(C)C)n1C.Cl. The molecule has 0 radical (unpaired) electrons. The first-order valence-corrected chi connectivity index (χ1v) is 7.16. The molecule has 2 heterocycles. The van der Waals surface area contributed by atoms with Crippen LogP contribution in [0.1, 0.15) is 31.5 Å². The van der Waals surface area contributed by atoms with E-state index in [0.717, 1.165) is 22.6 Å². The lowest BCUT2D eigenvalue weighted by molar-refractivity contribution is 0.579. The molecule has 0 aliphatic heterocycles. The first kappa shape index (κ1) is 16.9. The third kappa shape index (κ3) is 3.71. The van der Waals surface area contributed by atoms with Gasteiger partial charge in [-0.3, -0.25) is 0 Å². The lowest BCUT2D eigenvalue weighted by atomic mass is 10.4. The third-order valence-corrected chi connectivity index (χ3v) is 3.81. The van der Waals surface area contributed by atoms with Gasteiger partial charge in [-0.2, -0.15) is 0 Å². The molecule has 0 saturated carbocycles. The highest BCUT2D eigenvalue weighted by Crippen LogP contribution is 2.21. The fraction of sp³-hybridized carbons (Fsp3) is 0.636. The van der Waals surface area contributed by atoms with Gasteiger partial charge in [0.15, 0.2) is 5.16 Å². The van der Waals surface area contributed by atoms with Gasteiger partial charge < -0.3 is 14.5 Å². The van der Waals surface area contributed by atoms with Crippen LogP contribution in [0.4, 0.5) is 0 Å². The molecule has 0 spiro atoms. The van der Waals surface area contributed by atoms with E-state index < -0.39 is 0 Å². The van der Waals surface area contributed by atoms with E-state index in [0.29, 0.717) is 12.6 Å². The van der Waals surface area contributed by atoms with Crippen LogP contribution in [-0.4, -0.2) is 36.6 Å². The van der Waals surface area contributed by atoms with Crippen molar-refractivity contribution in [1.29, 1.82) is 0 Å². The van der Waals surface area contributed by atoms with Gasteiger partial charge in [0.25, 0.3) is 0 Å². The minimum atomic E-state index is 0. The van der Waals surface area contributed by atoms with Crippen LogP contribution in [0.15, 0.2) is 11.5 Å². The van der Waals surface area contributed by atoms with E-state index in [1.165, 1.54) is 0 Å². The average Bonchev–Trinajstić information content (AvgIpc) is 2.96. The van der Waals surface area contributed by atoms with Crippen LogP contribution in [0.25, 0.3) is 0 Å². The molecule has 7 nitrogen and oxygen atoms in total. The highest BCUT2D eigenvalue weighted by atomic mass is 35.5. The number of hydrogen-bond donors (Lipinski definition) is 1. The molecule has 0 bridgehead atoms. The van der Waals surface area contributed by atoms with Crippen LogP contribution in [0.5, 0.6) is 0 Å². The summed E-state index contributed by atoms with van der Waals surface area (Å²) in [5, 5.41) is 20.4. The van der Waals surface area contributed by atoms with Crippen molar-refractivity contribution in [2.45, 2.75) is 37.3 Å². The maximum atomic E-state index is 4.19. The van der Waals surface area contributed by atoms with Gasteiger partial charge in [-0.1, -0.05) is 11.8 Å². The Kier molecular flexibility index (Phi) is 6.44. The van der Waals surface area contributed by atoms with Crippen molar-refractivity contribution in [1.82, 2.24) is 34.8 Å². The second-order valence-corrected chi connectivity index (χ2v) is 5.47. The summed E-state index contributed by atoms with van der Waals surface area (Å²) < 4.78 is 4.06. The van der Waals surface area contributed by atoms with E-state index in [2.05, 4.69) is 44.1 Å². The van der Waals surface area contributed by atoms with Crippen molar-refractivity contribution in [3.8, 4) is 0 Å². The van der Waals surface area contributed by atoms with Crippen LogP contribution in [-0.2, 0) is 19.3 Å². The van der Waals surface area contributed by atoms with Crippen molar-refractivity contribution in [3.05, 3.63) is 18.0 Å². The number of aromatic nitrogens is 6. The zero-order valence-electron chi connectivity index (χ0n) is 12.1. The van der Waals surface area contributed by atoms with Crippen LogP contribution in [0.2, 0.25) is 0 Å². The molecular weight excluding hydrogens is 298 g/mol. The molecular formula is C11H20ClN7S. The minimum Gasteiger partial charge on any atom is -0.314 e. The second-order valence-electron chi connectivity index (χ2n) is 4.53. The van der Waals surface area contributed by atoms with Crippen molar-refractivity contribution >= 4 is 24.2 Å². The fourth-order valence-corrected chi connectivity index (χ4v) is 2.58. The largest absolute Gasteiger partial charge is 0.314 e. The summed E-state index contributed by atoms with van der Waals surface area (Å²) in [5.74, 6) is 2.62. The van der Waals surface area contributed by atoms with Crippen LogP contribution < -0.4 is 5.32 Å². The number of rotatable bonds is 6. The van der Waals surface area contributed by atoms with E-state index in [-0.39, 0.29) is 12.4 Å². The third-order valence-electron chi connectivity index (χ3n) is 2.79. The van der Waals surface area contributed by atoms with Gasteiger partial charge in [0.2, 0.25) is 0 Å². The van der Waals surface area contributed by atoms with Gasteiger partial charge >= 0.3 is 0 Å². The van der Waals surface area contributed by atoms with Crippen molar-refractivity contribution in [2.75, 3.05) is 7.05 Å². The smallest absolute Gasteiger partial charge is 0.191 e. The van der Waals surface area contributed by atoms with Crippen molar-refractivity contribution < 1.29 is 0 Å². The fourth-order valence-electron chi connectivity index (χ4n) is 1.71. The van der Waals surface area contributed by atoms with E-state index in [1.54, 1.807) is 18.1 Å². The lowest BCUT2D eigenvalue weighted by Gasteiger charge is -2.09. The maximum Gasteiger partial charge on any atom is 0.191 e. The molecule has 0 saturated heterocycles. The standard InChI is InChI=1S/C11H19N7S.ClH/c1-8(2)18-7-13-14-10(18)6-19-11-16-15-9(5-12-3)17(11)4;/h7-8,12H,5-6H2,1-4H3;1H. The number of nitrogens with one attached hydrogen (secondary N) is 1. The highest BCUT2D eigenvalue weighted by molar-refractivity contribution is 7.98. The summed E-state index contributed by atoms with van der Waals surface area (Å²) in [6.07, 6.45) is 1.77. The predicted octanol–water partition coefficient (Wildman–Crippen LogP) is 1.42. The lowest BCUT2D eigenvalue weighted by Crippen LogP contribution is -2.10. The minimum absolute atomic E-state index is 0. The van der Waals surface area contributed by atoms with E-state index >= 15 is 0 Å². The molecule has 20 heavy (non-hydrogen) atoms. The Hall–Kier alpha value is -1.12. The summed E-state index contributed by atoms with van der Waals surface area (Å²) in [6, 6.07) is 0.366. The second kappa shape index (κ2) is 7.61. The van der Waals surface area contributed by atoms with Gasteiger partial charge in [0.1, 0.15) is 18.0 Å². The Labute approximate surface area is 129 Å².